The van der Waals surface area contributed by atoms with Gasteiger partial charge < -0.3 is 5.32 Å². The highest BCUT2D eigenvalue weighted by Crippen LogP contribution is 2.34. The van der Waals surface area contributed by atoms with E-state index in [0.717, 1.165) is 26.3 Å². The number of nitrogens with zero attached hydrogens (tertiary/aromatic N) is 3. The third-order valence-corrected chi connectivity index (χ3v) is 5.11. The molecule has 7 heteroatoms. The molecule has 3 heterocycles. The van der Waals surface area contributed by atoms with Gasteiger partial charge in [0.2, 0.25) is 0 Å². The molecule has 0 aliphatic rings. The van der Waals surface area contributed by atoms with Gasteiger partial charge in [0.15, 0.2) is 5.82 Å². The lowest BCUT2D eigenvalue weighted by molar-refractivity contribution is 1.21. The molecule has 4 aromatic rings. The first-order valence-electron chi connectivity index (χ1n) is 7.51. The lowest BCUT2D eigenvalue weighted by Crippen LogP contribution is -1.98. The number of nitrogens with one attached hydrogen (secondary N) is 1. The molecule has 4 rings (SSSR count). The fraction of sp³-hybridized carbons (Fsp3) is 0.0556. The molecule has 0 bridgehead atoms. The smallest absolute Gasteiger partial charge is 0.164 e. The van der Waals surface area contributed by atoms with Crippen molar-refractivity contribution < 1.29 is 0 Å². The predicted octanol–water partition coefficient (Wildman–Crippen LogP) is 6.11. The molecule has 0 fully saturated rings. The summed E-state index contributed by atoms with van der Waals surface area (Å²) >= 11 is 13.9. The van der Waals surface area contributed by atoms with E-state index < -0.39 is 0 Å². The molecular formula is C18H12Cl2N4S. The van der Waals surface area contributed by atoms with Gasteiger partial charge in [0.05, 0.1) is 16.1 Å². The summed E-state index contributed by atoms with van der Waals surface area (Å²) in [5, 5.41) is 5.39. The highest BCUT2D eigenvalue weighted by Gasteiger charge is 2.13. The van der Waals surface area contributed by atoms with Crippen LogP contribution in [0.15, 0.2) is 48.8 Å². The fourth-order valence-corrected chi connectivity index (χ4v) is 3.81. The number of aromatic nitrogens is 3. The second-order valence-corrected chi connectivity index (χ2v) is 7.54. The summed E-state index contributed by atoms with van der Waals surface area (Å²) in [7, 11) is 0. The Morgan fingerprint density at radius 3 is 2.72 bits per heavy atom. The number of halogens is 2. The first-order chi connectivity index (χ1) is 12.1. The summed E-state index contributed by atoms with van der Waals surface area (Å²) < 4.78 is 0. The van der Waals surface area contributed by atoms with Gasteiger partial charge in [0, 0.05) is 27.9 Å². The second-order valence-electron chi connectivity index (χ2n) is 5.46. The first kappa shape index (κ1) is 16.3. The Bertz CT molecular complexity index is 1060. The zero-order valence-corrected chi connectivity index (χ0v) is 15.5. The van der Waals surface area contributed by atoms with E-state index >= 15 is 0 Å². The van der Waals surface area contributed by atoms with Crippen LogP contribution in [0.3, 0.4) is 0 Å². The molecule has 124 valence electrons. The quantitative estimate of drug-likeness (QED) is 0.461. The molecule has 0 aliphatic carbocycles. The Morgan fingerprint density at radius 2 is 1.96 bits per heavy atom. The first-order valence-corrected chi connectivity index (χ1v) is 9.08. The van der Waals surface area contributed by atoms with Crippen LogP contribution >= 0.6 is 34.5 Å². The largest absolute Gasteiger partial charge is 0.338 e. The minimum atomic E-state index is 0.536. The van der Waals surface area contributed by atoms with Crippen LogP contribution in [0.2, 0.25) is 10.0 Å². The third-order valence-electron chi connectivity index (χ3n) is 3.62. The van der Waals surface area contributed by atoms with Gasteiger partial charge in [-0.25, -0.2) is 9.97 Å². The van der Waals surface area contributed by atoms with E-state index in [-0.39, 0.29) is 0 Å². The van der Waals surface area contributed by atoms with Crippen LogP contribution in [-0.4, -0.2) is 15.0 Å². The molecule has 0 saturated heterocycles. The number of hydrogen-bond acceptors (Lipinski definition) is 5. The zero-order chi connectivity index (χ0) is 17.4. The van der Waals surface area contributed by atoms with E-state index in [1.807, 2.05) is 18.2 Å². The van der Waals surface area contributed by atoms with Gasteiger partial charge in [-0.3, -0.25) is 4.98 Å². The van der Waals surface area contributed by atoms with Crippen LogP contribution in [0, 0.1) is 6.92 Å². The van der Waals surface area contributed by atoms with Gasteiger partial charge in [-0.05, 0) is 43.3 Å². The van der Waals surface area contributed by atoms with Gasteiger partial charge in [-0.2, -0.15) is 0 Å². The molecule has 3 aromatic heterocycles. The Balaban J connectivity index is 1.86. The van der Waals surface area contributed by atoms with Crippen LogP contribution in [0.1, 0.15) is 4.88 Å². The number of anilines is 2. The van der Waals surface area contributed by atoms with Gasteiger partial charge in [-0.1, -0.05) is 23.2 Å². The van der Waals surface area contributed by atoms with Crippen molar-refractivity contribution in [3.63, 3.8) is 0 Å². The molecule has 1 N–H and O–H groups in total. The molecular weight excluding hydrogens is 375 g/mol. The van der Waals surface area contributed by atoms with Gasteiger partial charge >= 0.3 is 0 Å². The molecule has 0 aliphatic heterocycles. The summed E-state index contributed by atoms with van der Waals surface area (Å²) in [6.07, 6.45) is 3.48. The highest BCUT2D eigenvalue weighted by molar-refractivity contribution is 7.18. The normalized spacial score (nSPS) is 11.0. The van der Waals surface area contributed by atoms with Crippen molar-refractivity contribution in [1.82, 2.24) is 15.0 Å². The fourth-order valence-electron chi connectivity index (χ4n) is 2.48. The Hall–Kier alpha value is -2.21. The van der Waals surface area contributed by atoms with E-state index in [9.17, 15) is 0 Å². The Morgan fingerprint density at radius 1 is 1.08 bits per heavy atom. The summed E-state index contributed by atoms with van der Waals surface area (Å²) in [5.41, 5.74) is 1.60. The molecule has 1 aromatic carbocycles. The number of pyridine rings is 1. The maximum Gasteiger partial charge on any atom is 0.164 e. The minimum Gasteiger partial charge on any atom is -0.338 e. The molecule has 25 heavy (non-hydrogen) atoms. The second kappa shape index (κ2) is 6.59. The van der Waals surface area contributed by atoms with Crippen molar-refractivity contribution in [1.29, 1.82) is 0 Å². The molecule has 0 atom stereocenters. The number of rotatable bonds is 3. The maximum atomic E-state index is 6.29. The lowest BCUT2D eigenvalue weighted by atomic mass is 10.2. The average Bonchev–Trinajstić information content (AvgIpc) is 2.98. The SMILES string of the molecule is Cc1cc2c(Nc3ccc(Cl)cc3Cl)nc(-c3cccnc3)nc2s1. The van der Waals surface area contributed by atoms with E-state index in [0.29, 0.717) is 21.7 Å². The number of aryl methyl sites for hydroxylation is 1. The van der Waals surface area contributed by atoms with E-state index in [1.54, 1.807) is 35.9 Å². The van der Waals surface area contributed by atoms with Crippen LogP contribution < -0.4 is 5.32 Å². The van der Waals surface area contributed by atoms with Crippen molar-refractivity contribution in [3.8, 4) is 11.4 Å². The molecule has 0 saturated carbocycles. The minimum absolute atomic E-state index is 0.536. The number of fused-ring (bicyclic) bond motifs is 1. The van der Waals surface area contributed by atoms with Crippen LogP contribution in [0.25, 0.3) is 21.6 Å². The van der Waals surface area contributed by atoms with Gasteiger partial charge in [-0.15, -0.1) is 11.3 Å². The van der Waals surface area contributed by atoms with Crippen molar-refractivity contribution in [2.45, 2.75) is 6.92 Å². The van der Waals surface area contributed by atoms with Crippen molar-refractivity contribution >= 4 is 56.3 Å². The Kier molecular flexibility index (Phi) is 4.29. The van der Waals surface area contributed by atoms with Crippen LogP contribution in [-0.2, 0) is 0 Å². The molecule has 0 spiro atoms. The van der Waals surface area contributed by atoms with E-state index in [4.69, 9.17) is 28.2 Å². The molecule has 4 nitrogen and oxygen atoms in total. The van der Waals surface area contributed by atoms with Crippen molar-refractivity contribution in [3.05, 3.63) is 63.7 Å². The van der Waals surface area contributed by atoms with Crippen LogP contribution in [0.4, 0.5) is 11.5 Å². The van der Waals surface area contributed by atoms with Crippen molar-refractivity contribution in [2.75, 3.05) is 5.32 Å². The highest BCUT2D eigenvalue weighted by atomic mass is 35.5. The molecule has 0 unspecified atom stereocenters. The van der Waals surface area contributed by atoms with Gasteiger partial charge in [0.1, 0.15) is 10.6 Å². The standard InChI is InChI=1S/C18H12Cl2N4S/c1-10-7-13-17(22-15-5-4-12(19)8-14(15)20)23-16(24-18(13)25-10)11-3-2-6-21-9-11/h2-9H,1H3,(H,22,23,24). The molecule has 0 radical (unpaired) electrons. The summed E-state index contributed by atoms with van der Waals surface area (Å²) in [6.45, 7) is 2.05. The summed E-state index contributed by atoms with van der Waals surface area (Å²) in [5.74, 6) is 1.33. The summed E-state index contributed by atoms with van der Waals surface area (Å²) in [6, 6.07) is 11.2. The number of hydrogen-bond donors (Lipinski definition) is 1. The Labute approximate surface area is 158 Å². The monoisotopic (exact) mass is 386 g/mol. The number of thiophene rings is 1. The number of benzene rings is 1. The van der Waals surface area contributed by atoms with E-state index in [1.165, 1.54) is 0 Å². The third kappa shape index (κ3) is 3.31. The van der Waals surface area contributed by atoms with Gasteiger partial charge in [0.25, 0.3) is 0 Å². The zero-order valence-electron chi connectivity index (χ0n) is 13.1. The topological polar surface area (TPSA) is 50.7 Å². The van der Waals surface area contributed by atoms with Crippen LogP contribution in [0.5, 0.6) is 0 Å². The summed E-state index contributed by atoms with van der Waals surface area (Å²) in [4.78, 5) is 15.6. The predicted molar refractivity (Wildman–Crippen MR) is 105 cm³/mol. The van der Waals surface area contributed by atoms with Crippen molar-refractivity contribution in [2.24, 2.45) is 0 Å². The lowest BCUT2D eigenvalue weighted by Gasteiger charge is -2.10. The maximum absolute atomic E-state index is 6.29. The van der Waals surface area contributed by atoms with E-state index in [2.05, 4.69) is 28.3 Å². The average molecular weight is 387 g/mol. The molecule has 0 amide bonds.